The maximum atomic E-state index is 13.1. The molecule has 1 N–H and O–H groups in total. The van der Waals surface area contributed by atoms with Crippen LogP contribution in [0.3, 0.4) is 0 Å². The SMILES string of the molecule is CC(C)C(=O)N1CCN(c2ccc(Cl)cc2NC(=O)c2ccc(-c3cccc(C(F)(F)F)c3)o2)CC1. The summed E-state index contributed by atoms with van der Waals surface area (Å²) in [7, 11) is 0. The fourth-order valence-corrected chi connectivity index (χ4v) is 4.24. The van der Waals surface area contributed by atoms with Gasteiger partial charge in [0.1, 0.15) is 5.76 Å². The number of alkyl halides is 3. The first-order valence-electron chi connectivity index (χ1n) is 11.4. The molecule has 1 aliphatic heterocycles. The van der Waals surface area contributed by atoms with E-state index in [1.807, 2.05) is 18.7 Å². The third-order valence-electron chi connectivity index (χ3n) is 5.94. The van der Waals surface area contributed by atoms with Crippen molar-refractivity contribution in [3.05, 3.63) is 70.9 Å². The van der Waals surface area contributed by atoms with E-state index < -0.39 is 17.6 Å². The van der Waals surface area contributed by atoms with Crippen LogP contribution in [0.25, 0.3) is 11.3 Å². The van der Waals surface area contributed by atoms with Crippen LogP contribution >= 0.6 is 11.6 Å². The largest absolute Gasteiger partial charge is 0.451 e. The Bertz CT molecular complexity index is 1260. The molecule has 1 saturated heterocycles. The number of hydrogen-bond acceptors (Lipinski definition) is 4. The van der Waals surface area contributed by atoms with Crippen molar-refractivity contribution >= 4 is 34.8 Å². The summed E-state index contributed by atoms with van der Waals surface area (Å²) in [6, 6.07) is 12.7. The minimum absolute atomic E-state index is 0.0549. The Hall–Kier alpha value is -3.46. The Morgan fingerprint density at radius 1 is 1.00 bits per heavy atom. The lowest BCUT2D eigenvalue weighted by molar-refractivity contribution is -0.137. The lowest BCUT2D eigenvalue weighted by Gasteiger charge is -2.37. The molecule has 1 aromatic heterocycles. The molecule has 1 aliphatic rings. The van der Waals surface area contributed by atoms with Gasteiger partial charge in [0, 0.05) is 42.7 Å². The molecule has 0 spiro atoms. The number of rotatable bonds is 5. The van der Waals surface area contributed by atoms with Gasteiger partial charge in [-0.3, -0.25) is 9.59 Å². The first-order chi connectivity index (χ1) is 17.0. The van der Waals surface area contributed by atoms with E-state index in [1.54, 1.807) is 18.2 Å². The Balaban J connectivity index is 1.50. The lowest BCUT2D eigenvalue weighted by atomic mass is 10.1. The zero-order valence-corrected chi connectivity index (χ0v) is 20.5. The second-order valence-corrected chi connectivity index (χ2v) is 9.26. The maximum Gasteiger partial charge on any atom is 0.416 e. The third-order valence-corrected chi connectivity index (χ3v) is 6.17. The van der Waals surface area contributed by atoms with Gasteiger partial charge >= 0.3 is 6.18 Å². The highest BCUT2D eigenvalue weighted by Gasteiger charge is 2.31. The molecule has 190 valence electrons. The number of benzene rings is 2. The second-order valence-electron chi connectivity index (χ2n) is 8.83. The van der Waals surface area contributed by atoms with E-state index in [4.69, 9.17) is 16.0 Å². The van der Waals surface area contributed by atoms with Gasteiger partial charge in [-0.05, 0) is 42.5 Å². The van der Waals surface area contributed by atoms with Crippen molar-refractivity contribution in [2.75, 3.05) is 36.4 Å². The molecule has 1 fully saturated rings. The van der Waals surface area contributed by atoms with Crippen LogP contribution in [0, 0.1) is 5.92 Å². The van der Waals surface area contributed by atoms with Crippen LogP contribution in [0.1, 0.15) is 30.0 Å². The quantitative estimate of drug-likeness (QED) is 0.437. The molecule has 2 heterocycles. The normalized spacial score (nSPS) is 14.3. The zero-order valence-electron chi connectivity index (χ0n) is 19.7. The van der Waals surface area contributed by atoms with Crippen LogP contribution in [-0.4, -0.2) is 42.9 Å². The standard InChI is InChI=1S/C26H25ClF3N3O3/c1-16(2)25(35)33-12-10-32(11-13-33)21-7-6-19(27)15-20(21)31-24(34)23-9-8-22(36-23)17-4-3-5-18(14-17)26(28,29)30/h3-9,14-16H,10-13H2,1-2H3,(H,31,34). The van der Waals surface area contributed by atoms with E-state index in [-0.39, 0.29) is 28.9 Å². The predicted octanol–water partition coefficient (Wildman–Crippen LogP) is 6.18. The smallest absolute Gasteiger partial charge is 0.416 e. The number of nitrogens with zero attached hydrogens (tertiary/aromatic N) is 2. The molecule has 6 nitrogen and oxygen atoms in total. The van der Waals surface area contributed by atoms with Crippen molar-refractivity contribution in [2.45, 2.75) is 20.0 Å². The summed E-state index contributed by atoms with van der Waals surface area (Å²) in [5, 5.41) is 3.22. The molecule has 10 heteroatoms. The molecular weight excluding hydrogens is 495 g/mol. The summed E-state index contributed by atoms with van der Waals surface area (Å²) in [6.45, 7) is 6.03. The summed E-state index contributed by atoms with van der Waals surface area (Å²) in [4.78, 5) is 29.1. The summed E-state index contributed by atoms with van der Waals surface area (Å²) in [6.07, 6.45) is -4.49. The molecule has 0 saturated carbocycles. The highest BCUT2D eigenvalue weighted by molar-refractivity contribution is 6.31. The molecule has 0 bridgehead atoms. The summed E-state index contributed by atoms with van der Waals surface area (Å²) < 4.78 is 44.7. The van der Waals surface area contributed by atoms with Gasteiger partial charge in [-0.25, -0.2) is 0 Å². The Kier molecular flexibility index (Phi) is 7.31. The van der Waals surface area contributed by atoms with E-state index in [0.717, 1.165) is 17.8 Å². The topological polar surface area (TPSA) is 65.8 Å². The number of nitrogens with one attached hydrogen (secondary N) is 1. The van der Waals surface area contributed by atoms with Crippen LogP contribution in [-0.2, 0) is 11.0 Å². The lowest BCUT2D eigenvalue weighted by Crippen LogP contribution is -2.50. The highest BCUT2D eigenvalue weighted by atomic mass is 35.5. The van der Waals surface area contributed by atoms with E-state index in [0.29, 0.717) is 36.9 Å². The summed E-state index contributed by atoms with van der Waals surface area (Å²) in [5.41, 5.74) is 0.615. The first kappa shape index (κ1) is 25.6. The second kappa shape index (κ2) is 10.3. The van der Waals surface area contributed by atoms with Gasteiger partial charge in [0.2, 0.25) is 5.91 Å². The minimum Gasteiger partial charge on any atom is -0.451 e. The van der Waals surface area contributed by atoms with Gasteiger partial charge in [0.05, 0.1) is 16.9 Å². The number of carbonyl (C=O) groups is 2. The maximum absolute atomic E-state index is 13.1. The molecule has 4 rings (SSSR count). The highest BCUT2D eigenvalue weighted by Crippen LogP contribution is 2.34. The number of furan rings is 1. The number of hydrogen-bond donors (Lipinski definition) is 1. The average Bonchev–Trinajstić information content (AvgIpc) is 3.34. The zero-order chi connectivity index (χ0) is 26.0. The van der Waals surface area contributed by atoms with Crippen LogP contribution in [0.5, 0.6) is 0 Å². The molecule has 0 radical (unpaired) electrons. The molecular formula is C26H25ClF3N3O3. The average molecular weight is 520 g/mol. The molecule has 36 heavy (non-hydrogen) atoms. The first-order valence-corrected chi connectivity index (χ1v) is 11.8. The molecule has 3 aromatic rings. The van der Waals surface area contributed by atoms with Gasteiger partial charge in [0.15, 0.2) is 5.76 Å². The fourth-order valence-electron chi connectivity index (χ4n) is 4.06. The monoisotopic (exact) mass is 519 g/mol. The van der Waals surface area contributed by atoms with Gasteiger partial charge in [-0.2, -0.15) is 13.2 Å². The Morgan fingerprint density at radius 2 is 1.72 bits per heavy atom. The molecule has 2 amide bonds. The van der Waals surface area contributed by atoms with Crippen molar-refractivity contribution in [1.29, 1.82) is 0 Å². The van der Waals surface area contributed by atoms with Gasteiger partial charge in [-0.1, -0.05) is 37.6 Å². The van der Waals surface area contributed by atoms with Crippen molar-refractivity contribution in [3.63, 3.8) is 0 Å². The Morgan fingerprint density at radius 3 is 2.39 bits per heavy atom. The third kappa shape index (κ3) is 5.67. The number of anilines is 2. The van der Waals surface area contributed by atoms with Crippen molar-refractivity contribution in [3.8, 4) is 11.3 Å². The minimum atomic E-state index is -4.49. The number of halogens is 4. The van der Waals surface area contributed by atoms with Gasteiger partial charge in [-0.15, -0.1) is 0 Å². The molecule has 0 unspecified atom stereocenters. The van der Waals surface area contributed by atoms with Crippen LogP contribution < -0.4 is 10.2 Å². The van der Waals surface area contributed by atoms with Crippen molar-refractivity contribution in [2.24, 2.45) is 5.92 Å². The number of carbonyl (C=O) groups excluding carboxylic acids is 2. The number of amides is 2. The van der Waals surface area contributed by atoms with E-state index in [1.165, 1.54) is 24.3 Å². The fraction of sp³-hybridized carbons (Fsp3) is 0.308. The molecule has 2 aromatic carbocycles. The van der Waals surface area contributed by atoms with Crippen LogP contribution in [0.2, 0.25) is 5.02 Å². The molecule has 0 atom stereocenters. The summed E-state index contributed by atoms with van der Waals surface area (Å²) in [5.74, 6) is -0.445. The van der Waals surface area contributed by atoms with Gasteiger partial charge < -0.3 is 19.5 Å². The number of piperazine rings is 1. The summed E-state index contributed by atoms with van der Waals surface area (Å²) >= 11 is 6.18. The van der Waals surface area contributed by atoms with E-state index in [9.17, 15) is 22.8 Å². The van der Waals surface area contributed by atoms with Crippen LogP contribution in [0.15, 0.2) is 59.0 Å². The van der Waals surface area contributed by atoms with Gasteiger partial charge in [0.25, 0.3) is 5.91 Å². The van der Waals surface area contributed by atoms with Crippen molar-refractivity contribution < 1.29 is 27.2 Å². The Labute approximate surface area is 211 Å². The van der Waals surface area contributed by atoms with Crippen molar-refractivity contribution in [1.82, 2.24) is 4.90 Å². The van der Waals surface area contributed by atoms with E-state index in [2.05, 4.69) is 10.2 Å². The molecule has 0 aliphatic carbocycles. The van der Waals surface area contributed by atoms with Crippen LogP contribution in [0.4, 0.5) is 24.5 Å². The van der Waals surface area contributed by atoms with E-state index >= 15 is 0 Å². The predicted molar refractivity (Wildman–Crippen MR) is 132 cm³/mol.